The van der Waals surface area contributed by atoms with Crippen molar-refractivity contribution in [2.45, 2.75) is 18.7 Å². The van der Waals surface area contributed by atoms with E-state index in [1.54, 1.807) is 11.8 Å². The van der Waals surface area contributed by atoms with Gasteiger partial charge in [-0.05, 0) is 47.4 Å². The minimum absolute atomic E-state index is 0.781. The molecule has 0 spiro atoms. The molecule has 5 nitrogen and oxygen atoms in total. The van der Waals surface area contributed by atoms with Crippen LogP contribution in [0.1, 0.15) is 12.6 Å². The van der Waals surface area contributed by atoms with Crippen LogP contribution in [0.15, 0.2) is 23.2 Å². The Kier molecular flexibility index (Phi) is 4.12. The Morgan fingerprint density at radius 2 is 2.10 bits per heavy atom. The van der Waals surface area contributed by atoms with Gasteiger partial charge in [0.1, 0.15) is 11.2 Å². The first-order chi connectivity index (χ1) is 10.1. The fourth-order valence-electron chi connectivity index (χ4n) is 2.15. The Morgan fingerprint density at radius 1 is 1.29 bits per heavy atom. The normalized spacial score (nSPS) is 11.2. The summed E-state index contributed by atoms with van der Waals surface area (Å²) in [6.07, 6.45) is 1.87. The molecule has 0 aliphatic rings. The molecule has 0 amide bonds. The fraction of sp³-hybridized carbons (Fsp3) is 0.286. The molecule has 0 atom stereocenters. The number of pyridine rings is 1. The van der Waals surface area contributed by atoms with Crippen LogP contribution in [0.3, 0.4) is 0 Å². The van der Waals surface area contributed by atoms with Crippen LogP contribution in [-0.4, -0.2) is 30.5 Å². The first kappa shape index (κ1) is 14.7. The zero-order chi connectivity index (χ0) is 15.0. The second-order valence-electron chi connectivity index (χ2n) is 4.62. The van der Waals surface area contributed by atoms with Gasteiger partial charge < -0.3 is 4.57 Å². The summed E-state index contributed by atoms with van der Waals surface area (Å²) in [6.45, 7) is 4.06. The summed E-state index contributed by atoms with van der Waals surface area (Å²) in [6, 6.07) is 4.10. The van der Waals surface area contributed by atoms with Crippen molar-refractivity contribution in [1.29, 1.82) is 0 Å². The van der Waals surface area contributed by atoms with Gasteiger partial charge in [0.15, 0.2) is 11.5 Å². The number of imidazole rings is 1. The highest BCUT2D eigenvalue weighted by molar-refractivity contribution is 14.1. The Morgan fingerprint density at radius 3 is 2.86 bits per heavy atom. The van der Waals surface area contributed by atoms with Crippen LogP contribution >= 0.6 is 34.4 Å². The Balaban J connectivity index is 2.22. The smallest absolute Gasteiger partial charge is 0.182 e. The minimum Gasteiger partial charge on any atom is -0.309 e. The van der Waals surface area contributed by atoms with Crippen LogP contribution < -0.4 is 0 Å². The summed E-state index contributed by atoms with van der Waals surface area (Å²) < 4.78 is 3.08. The van der Waals surface area contributed by atoms with Crippen LogP contribution in [0.5, 0.6) is 0 Å². The summed E-state index contributed by atoms with van der Waals surface area (Å²) in [7, 11) is 1.95. The van der Waals surface area contributed by atoms with Crippen LogP contribution in [-0.2, 0) is 7.05 Å². The number of hydrogen-bond donors (Lipinski definition) is 0. The molecule has 21 heavy (non-hydrogen) atoms. The molecule has 0 aliphatic heterocycles. The molecular weight excluding hydrogens is 397 g/mol. The number of aryl methyl sites for hydroxylation is 2. The van der Waals surface area contributed by atoms with Crippen LogP contribution in [0.25, 0.3) is 22.7 Å². The second kappa shape index (κ2) is 5.88. The average Bonchev–Trinajstić information content (AvgIpc) is 2.76. The molecule has 0 fully saturated rings. The van der Waals surface area contributed by atoms with Crippen molar-refractivity contribution in [3.63, 3.8) is 0 Å². The van der Waals surface area contributed by atoms with Gasteiger partial charge in [-0.1, -0.05) is 6.92 Å². The van der Waals surface area contributed by atoms with Gasteiger partial charge in [-0.15, -0.1) is 16.9 Å². The largest absolute Gasteiger partial charge is 0.309 e. The molecule has 0 unspecified atom stereocenters. The van der Waals surface area contributed by atoms with Crippen molar-refractivity contribution >= 4 is 45.5 Å². The SMILES string of the molecule is CCSc1cc(I)cnc1-c1nc2cc(C)nnc2n1C. The standard InChI is InChI=1S/C14H14IN5S/c1-4-21-11-6-9(15)7-16-12(11)14-17-10-5-8(2)18-19-13(10)20(14)3/h5-7H,4H2,1-3H3. The lowest BCUT2D eigenvalue weighted by Crippen LogP contribution is -1.98. The van der Waals surface area contributed by atoms with Crippen molar-refractivity contribution in [3.05, 3.63) is 27.6 Å². The quantitative estimate of drug-likeness (QED) is 0.488. The molecule has 3 aromatic rings. The topological polar surface area (TPSA) is 56.5 Å². The third-order valence-corrected chi connectivity index (χ3v) is 4.57. The molecule has 0 bridgehead atoms. The van der Waals surface area contributed by atoms with Gasteiger partial charge in [0.05, 0.1) is 5.69 Å². The monoisotopic (exact) mass is 411 g/mol. The van der Waals surface area contributed by atoms with E-state index in [2.05, 4.69) is 50.8 Å². The van der Waals surface area contributed by atoms with E-state index in [4.69, 9.17) is 4.98 Å². The third kappa shape index (κ3) is 2.76. The molecule has 0 saturated heterocycles. The van der Waals surface area contributed by atoms with Gasteiger partial charge in [0, 0.05) is 21.7 Å². The highest BCUT2D eigenvalue weighted by atomic mass is 127. The van der Waals surface area contributed by atoms with Crippen molar-refractivity contribution in [1.82, 2.24) is 24.7 Å². The Hall–Kier alpha value is -1.22. The van der Waals surface area contributed by atoms with Gasteiger partial charge in [-0.3, -0.25) is 4.98 Å². The minimum atomic E-state index is 0.781. The molecule has 0 saturated carbocycles. The van der Waals surface area contributed by atoms with E-state index in [0.29, 0.717) is 0 Å². The number of nitrogens with zero attached hydrogens (tertiary/aromatic N) is 5. The van der Waals surface area contributed by atoms with Crippen LogP contribution in [0, 0.1) is 10.5 Å². The summed E-state index contributed by atoms with van der Waals surface area (Å²) in [5, 5.41) is 8.34. The van der Waals surface area contributed by atoms with Crippen molar-refractivity contribution < 1.29 is 0 Å². The summed E-state index contributed by atoms with van der Waals surface area (Å²) >= 11 is 4.06. The zero-order valence-electron chi connectivity index (χ0n) is 12.0. The van der Waals surface area contributed by atoms with E-state index in [0.717, 1.165) is 42.6 Å². The maximum absolute atomic E-state index is 4.70. The molecule has 3 aromatic heterocycles. The molecule has 7 heteroatoms. The number of rotatable bonds is 3. The van der Waals surface area contributed by atoms with Gasteiger partial charge in [0.2, 0.25) is 0 Å². The number of hydrogen-bond acceptors (Lipinski definition) is 5. The summed E-state index contributed by atoms with van der Waals surface area (Å²) in [5.41, 5.74) is 3.41. The molecule has 3 heterocycles. The molecule has 0 N–H and O–H groups in total. The van der Waals surface area contributed by atoms with E-state index in [9.17, 15) is 0 Å². The van der Waals surface area contributed by atoms with E-state index in [1.807, 2.05) is 30.8 Å². The second-order valence-corrected chi connectivity index (χ2v) is 7.17. The lowest BCUT2D eigenvalue weighted by molar-refractivity contribution is 0.898. The lowest BCUT2D eigenvalue weighted by atomic mass is 10.3. The van der Waals surface area contributed by atoms with Crippen LogP contribution in [0.2, 0.25) is 0 Å². The predicted octanol–water partition coefficient (Wildman–Crippen LogP) is 3.45. The fourth-order valence-corrected chi connectivity index (χ4v) is 3.61. The third-order valence-electron chi connectivity index (χ3n) is 3.07. The first-order valence-corrected chi connectivity index (χ1v) is 8.62. The summed E-state index contributed by atoms with van der Waals surface area (Å²) in [5.74, 6) is 1.83. The van der Waals surface area contributed by atoms with E-state index in [-0.39, 0.29) is 0 Å². The maximum atomic E-state index is 4.70. The van der Waals surface area contributed by atoms with E-state index < -0.39 is 0 Å². The number of halogens is 1. The molecule has 0 aliphatic carbocycles. The van der Waals surface area contributed by atoms with Crippen molar-refractivity contribution in [2.24, 2.45) is 7.05 Å². The molecular formula is C14H14IN5S. The van der Waals surface area contributed by atoms with Gasteiger partial charge in [-0.2, -0.15) is 5.10 Å². The van der Waals surface area contributed by atoms with Gasteiger partial charge in [-0.25, -0.2) is 4.98 Å². The zero-order valence-corrected chi connectivity index (χ0v) is 14.9. The molecule has 0 aromatic carbocycles. The Labute approximate surface area is 140 Å². The predicted molar refractivity (Wildman–Crippen MR) is 93.4 cm³/mol. The van der Waals surface area contributed by atoms with Crippen molar-refractivity contribution in [2.75, 3.05) is 5.75 Å². The highest BCUT2D eigenvalue weighted by Crippen LogP contribution is 2.31. The molecule has 0 radical (unpaired) electrons. The molecule has 108 valence electrons. The van der Waals surface area contributed by atoms with E-state index >= 15 is 0 Å². The maximum Gasteiger partial charge on any atom is 0.182 e. The number of thioether (sulfide) groups is 1. The van der Waals surface area contributed by atoms with Crippen molar-refractivity contribution in [3.8, 4) is 11.5 Å². The van der Waals surface area contributed by atoms with E-state index in [1.165, 1.54) is 0 Å². The summed E-state index contributed by atoms with van der Waals surface area (Å²) in [4.78, 5) is 10.4. The van der Waals surface area contributed by atoms with Crippen LogP contribution in [0.4, 0.5) is 0 Å². The highest BCUT2D eigenvalue weighted by Gasteiger charge is 2.16. The lowest BCUT2D eigenvalue weighted by Gasteiger charge is -2.07. The Bertz CT molecular complexity index is 814. The molecule has 3 rings (SSSR count). The number of aromatic nitrogens is 5. The van der Waals surface area contributed by atoms with Gasteiger partial charge >= 0.3 is 0 Å². The average molecular weight is 411 g/mol. The van der Waals surface area contributed by atoms with Gasteiger partial charge in [0.25, 0.3) is 0 Å². The number of fused-ring (bicyclic) bond motifs is 1. The first-order valence-electron chi connectivity index (χ1n) is 6.55.